The molecular weight excluding hydrogens is 290 g/mol. The lowest BCUT2D eigenvalue weighted by molar-refractivity contribution is 0.126. The molecule has 2 heterocycles. The Morgan fingerprint density at radius 2 is 2.29 bits per heavy atom. The van der Waals surface area contributed by atoms with Gasteiger partial charge in [-0.1, -0.05) is 12.1 Å². The maximum Gasteiger partial charge on any atom is 0.216 e. The fourth-order valence-electron chi connectivity index (χ4n) is 3.09. The van der Waals surface area contributed by atoms with Gasteiger partial charge in [0, 0.05) is 19.7 Å². The molecule has 5 nitrogen and oxygen atoms in total. The summed E-state index contributed by atoms with van der Waals surface area (Å²) in [6, 6.07) is 5.81. The SMILES string of the molecule is COc1cccc2c1CCN(S(=O)(=O)CC1CCCO1)C2. The molecule has 1 fully saturated rings. The van der Waals surface area contributed by atoms with E-state index in [0.717, 1.165) is 29.7 Å². The number of fused-ring (bicyclic) bond motifs is 1. The van der Waals surface area contributed by atoms with E-state index in [9.17, 15) is 8.42 Å². The second-order valence-corrected chi connectivity index (χ2v) is 7.61. The zero-order chi connectivity index (χ0) is 14.9. The summed E-state index contributed by atoms with van der Waals surface area (Å²) in [6.07, 6.45) is 2.36. The van der Waals surface area contributed by atoms with Crippen molar-refractivity contribution >= 4 is 10.0 Å². The second-order valence-electron chi connectivity index (χ2n) is 5.60. The summed E-state index contributed by atoms with van der Waals surface area (Å²) in [4.78, 5) is 0. The topological polar surface area (TPSA) is 55.8 Å². The van der Waals surface area contributed by atoms with Crippen LogP contribution in [0.2, 0.25) is 0 Å². The van der Waals surface area contributed by atoms with E-state index in [0.29, 0.717) is 26.1 Å². The molecule has 1 aromatic rings. The highest BCUT2D eigenvalue weighted by Gasteiger charge is 2.31. The highest BCUT2D eigenvalue weighted by molar-refractivity contribution is 7.89. The highest BCUT2D eigenvalue weighted by Crippen LogP contribution is 2.29. The van der Waals surface area contributed by atoms with Crippen LogP contribution >= 0.6 is 0 Å². The van der Waals surface area contributed by atoms with Crippen LogP contribution in [0.4, 0.5) is 0 Å². The quantitative estimate of drug-likeness (QED) is 0.847. The average molecular weight is 311 g/mol. The minimum Gasteiger partial charge on any atom is -0.496 e. The normalized spacial score (nSPS) is 23.0. The van der Waals surface area contributed by atoms with E-state index in [1.807, 2.05) is 18.2 Å². The number of ether oxygens (including phenoxy) is 2. The third kappa shape index (κ3) is 3.07. The smallest absolute Gasteiger partial charge is 0.216 e. The zero-order valence-corrected chi connectivity index (χ0v) is 13.1. The molecule has 0 saturated carbocycles. The van der Waals surface area contributed by atoms with Crippen LogP contribution in [0.3, 0.4) is 0 Å². The molecule has 2 aliphatic heterocycles. The lowest BCUT2D eigenvalue weighted by Gasteiger charge is -2.29. The molecule has 0 radical (unpaired) electrons. The number of hydrogen-bond donors (Lipinski definition) is 0. The van der Waals surface area contributed by atoms with Crippen LogP contribution < -0.4 is 4.74 Å². The lowest BCUT2D eigenvalue weighted by atomic mass is 10.0. The van der Waals surface area contributed by atoms with Gasteiger partial charge in [0.2, 0.25) is 10.0 Å². The van der Waals surface area contributed by atoms with Crippen LogP contribution in [0.5, 0.6) is 5.75 Å². The molecule has 0 bridgehead atoms. The molecule has 6 heteroatoms. The van der Waals surface area contributed by atoms with Crippen molar-refractivity contribution in [3.05, 3.63) is 29.3 Å². The van der Waals surface area contributed by atoms with Crippen LogP contribution in [0.1, 0.15) is 24.0 Å². The van der Waals surface area contributed by atoms with Crippen LogP contribution in [0, 0.1) is 0 Å². The molecule has 0 aromatic heterocycles. The van der Waals surface area contributed by atoms with Crippen molar-refractivity contribution in [2.45, 2.75) is 31.9 Å². The molecule has 3 rings (SSSR count). The third-order valence-electron chi connectivity index (χ3n) is 4.22. The van der Waals surface area contributed by atoms with Crippen LogP contribution in [-0.2, 0) is 27.7 Å². The fourth-order valence-corrected chi connectivity index (χ4v) is 4.74. The monoisotopic (exact) mass is 311 g/mol. The van der Waals surface area contributed by atoms with Gasteiger partial charge in [-0.05, 0) is 36.5 Å². The molecular formula is C15H21NO4S. The number of hydrogen-bond acceptors (Lipinski definition) is 4. The fraction of sp³-hybridized carbons (Fsp3) is 0.600. The molecule has 0 spiro atoms. The van der Waals surface area contributed by atoms with Crippen LogP contribution in [-0.4, -0.2) is 44.8 Å². The van der Waals surface area contributed by atoms with Gasteiger partial charge < -0.3 is 9.47 Å². The Balaban J connectivity index is 1.76. The largest absolute Gasteiger partial charge is 0.496 e. The van der Waals surface area contributed by atoms with Gasteiger partial charge in [0.15, 0.2) is 0 Å². The number of methoxy groups -OCH3 is 1. The Morgan fingerprint density at radius 1 is 1.43 bits per heavy atom. The molecule has 116 valence electrons. The second kappa shape index (κ2) is 5.94. The van der Waals surface area contributed by atoms with Crippen molar-refractivity contribution in [2.75, 3.05) is 26.0 Å². The first-order valence-corrected chi connectivity index (χ1v) is 8.95. The minimum absolute atomic E-state index is 0.103. The molecule has 0 amide bonds. The van der Waals surface area contributed by atoms with E-state index in [1.54, 1.807) is 11.4 Å². The Morgan fingerprint density at radius 3 is 3.00 bits per heavy atom. The molecule has 0 aliphatic carbocycles. The highest BCUT2D eigenvalue weighted by atomic mass is 32.2. The van der Waals surface area contributed by atoms with E-state index in [4.69, 9.17) is 9.47 Å². The predicted molar refractivity (Wildman–Crippen MR) is 79.9 cm³/mol. The molecule has 2 aliphatic rings. The summed E-state index contributed by atoms with van der Waals surface area (Å²) >= 11 is 0. The summed E-state index contributed by atoms with van der Waals surface area (Å²) in [7, 11) is -1.61. The first kappa shape index (κ1) is 14.8. The van der Waals surface area contributed by atoms with E-state index < -0.39 is 10.0 Å². The number of sulfonamides is 1. The van der Waals surface area contributed by atoms with Gasteiger partial charge in [0.05, 0.1) is 19.0 Å². The maximum absolute atomic E-state index is 12.5. The molecule has 0 N–H and O–H groups in total. The number of rotatable bonds is 4. The summed E-state index contributed by atoms with van der Waals surface area (Å²) in [5, 5.41) is 0. The Hall–Kier alpha value is -1.11. The molecule has 1 aromatic carbocycles. The van der Waals surface area contributed by atoms with Crippen molar-refractivity contribution < 1.29 is 17.9 Å². The van der Waals surface area contributed by atoms with Crippen LogP contribution in [0.25, 0.3) is 0 Å². The van der Waals surface area contributed by atoms with E-state index in [2.05, 4.69) is 0 Å². The summed E-state index contributed by atoms with van der Waals surface area (Å²) < 4.78 is 37.4. The van der Waals surface area contributed by atoms with Crippen molar-refractivity contribution in [1.82, 2.24) is 4.31 Å². The summed E-state index contributed by atoms with van der Waals surface area (Å²) in [5.41, 5.74) is 2.17. The average Bonchev–Trinajstić information content (AvgIpc) is 2.98. The molecule has 1 unspecified atom stereocenters. The maximum atomic E-state index is 12.5. The Labute approximate surface area is 125 Å². The number of nitrogens with zero attached hydrogens (tertiary/aromatic N) is 1. The first-order chi connectivity index (χ1) is 10.1. The first-order valence-electron chi connectivity index (χ1n) is 7.34. The van der Waals surface area contributed by atoms with Crippen molar-refractivity contribution in [3.8, 4) is 5.75 Å². The summed E-state index contributed by atoms with van der Waals surface area (Å²) in [6.45, 7) is 1.63. The summed E-state index contributed by atoms with van der Waals surface area (Å²) in [5.74, 6) is 0.954. The molecule has 1 atom stereocenters. The standard InChI is InChI=1S/C15H21NO4S/c1-19-15-6-2-4-12-10-16(8-7-14(12)15)21(17,18)11-13-5-3-9-20-13/h2,4,6,13H,3,5,7-11H2,1H3. The van der Waals surface area contributed by atoms with E-state index >= 15 is 0 Å². The van der Waals surface area contributed by atoms with Gasteiger partial charge in [0.1, 0.15) is 5.75 Å². The van der Waals surface area contributed by atoms with Crippen molar-refractivity contribution in [2.24, 2.45) is 0 Å². The van der Waals surface area contributed by atoms with Gasteiger partial charge >= 0.3 is 0 Å². The van der Waals surface area contributed by atoms with Crippen LogP contribution in [0.15, 0.2) is 18.2 Å². The minimum atomic E-state index is -3.26. The van der Waals surface area contributed by atoms with Gasteiger partial charge in [-0.25, -0.2) is 8.42 Å². The zero-order valence-electron chi connectivity index (χ0n) is 12.2. The Bertz CT molecular complexity index is 608. The predicted octanol–water partition coefficient (Wildman–Crippen LogP) is 1.56. The van der Waals surface area contributed by atoms with Gasteiger partial charge in [0.25, 0.3) is 0 Å². The van der Waals surface area contributed by atoms with E-state index in [1.165, 1.54) is 0 Å². The van der Waals surface area contributed by atoms with Gasteiger partial charge in [-0.2, -0.15) is 4.31 Å². The van der Waals surface area contributed by atoms with Crippen molar-refractivity contribution in [3.63, 3.8) is 0 Å². The van der Waals surface area contributed by atoms with E-state index in [-0.39, 0.29) is 11.9 Å². The van der Waals surface area contributed by atoms with Gasteiger partial charge in [-0.15, -0.1) is 0 Å². The lowest BCUT2D eigenvalue weighted by Crippen LogP contribution is -2.40. The van der Waals surface area contributed by atoms with Crippen molar-refractivity contribution in [1.29, 1.82) is 0 Å². The Kier molecular flexibility index (Phi) is 4.19. The number of benzene rings is 1. The molecule has 21 heavy (non-hydrogen) atoms. The van der Waals surface area contributed by atoms with Gasteiger partial charge in [-0.3, -0.25) is 0 Å². The third-order valence-corrected chi connectivity index (χ3v) is 6.11. The molecule has 1 saturated heterocycles.